The fraction of sp³-hybridized carbons (Fsp3) is 0.423. The van der Waals surface area contributed by atoms with Gasteiger partial charge in [-0.3, -0.25) is 4.79 Å². The molecule has 4 heteroatoms. The molecule has 2 rings (SSSR count). The molecule has 0 unspecified atom stereocenters. The number of hydrogen-bond donors (Lipinski definition) is 1. The number of hydrogen-bond acceptors (Lipinski definition) is 2. The van der Waals surface area contributed by atoms with Gasteiger partial charge in [-0.25, -0.2) is 0 Å². The molecule has 0 heterocycles. The fourth-order valence-electron chi connectivity index (χ4n) is 2.84. The standard InChI is InChI=1S/C26H34O3Si/c1-19(2)24-16-21(11-8-20-9-12-22(13-10-20)17-25(27)28)14-15-23(24)18-29-30(6,7)26(3,4)5/h9-10,12-16,19H,17-18H2,1-7H3,(H,27,28). The molecule has 0 fully saturated rings. The van der Waals surface area contributed by atoms with E-state index in [-0.39, 0.29) is 11.5 Å². The second-order valence-corrected chi connectivity index (χ2v) is 14.4. The summed E-state index contributed by atoms with van der Waals surface area (Å²) in [6.45, 7) is 16.4. The summed E-state index contributed by atoms with van der Waals surface area (Å²) < 4.78 is 6.44. The van der Waals surface area contributed by atoms with Gasteiger partial charge in [0, 0.05) is 11.1 Å². The minimum absolute atomic E-state index is 0.0316. The molecule has 0 bridgehead atoms. The lowest BCUT2D eigenvalue weighted by atomic mass is 9.95. The van der Waals surface area contributed by atoms with Gasteiger partial charge in [-0.1, -0.05) is 64.7 Å². The third kappa shape index (κ3) is 6.58. The van der Waals surface area contributed by atoms with Crippen LogP contribution in [0.15, 0.2) is 42.5 Å². The van der Waals surface area contributed by atoms with Crippen LogP contribution in [-0.4, -0.2) is 19.4 Å². The van der Waals surface area contributed by atoms with E-state index in [0.717, 1.165) is 16.7 Å². The molecule has 0 aromatic heterocycles. The number of benzene rings is 2. The van der Waals surface area contributed by atoms with Crippen molar-refractivity contribution in [3.63, 3.8) is 0 Å². The molecule has 0 aliphatic heterocycles. The van der Waals surface area contributed by atoms with E-state index in [1.165, 1.54) is 11.1 Å². The van der Waals surface area contributed by atoms with Crippen LogP contribution in [0.2, 0.25) is 18.1 Å². The smallest absolute Gasteiger partial charge is 0.307 e. The molecule has 0 amide bonds. The fourth-order valence-corrected chi connectivity index (χ4v) is 3.79. The van der Waals surface area contributed by atoms with Crippen LogP contribution in [0.3, 0.4) is 0 Å². The molecule has 2 aromatic carbocycles. The molecule has 0 saturated carbocycles. The van der Waals surface area contributed by atoms with Crippen LogP contribution in [0, 0.1) is 11.8 Å². The van der Waals surface area contributed by atoms with E-state index in [4.69, 9.17) is 9.53 Å². The molecule has 0 aliphatic rings. The number of carboxylic acid groups (broad SMARTS) is 1. The van der Waals surface area contributed by atoms with Crippen LogP contribution in [0.4, 0.5) is 0 Å². The first-order valence-electron chi connectivity index (χ1n) is 10.5. The maximum absolute atomic E-state index is 10.8. The average Bonchev–Trinajstić information content (AvgIpc) is 2.64. The zero-order valence-corrected chi connectivity index (χ0v) is 20.3. The molecule has 160 valence electrons. The van der Waals surface area contributed by atoms with Gasteiger partial charge >= 0.3 is 5.97 Å². The van der Waals surface area contributed by atoms with E-state index >= 15 is 0 Å². The first-order valence-corrected chi connectivity index (χ1v) is 13.4. The third-order valence-corrected chi connectivity index (χ3v) is 10.3. The van der Waals surface area contributed by atoms with E-state index in [9.17, 15) is 4.79 Å². The van der Waals surface area contributed by atoms with Crippen molar-refractivity contribution in [2.24, 2.45) is 0 Å². The summed E-state index contributed by atoms with van der Waals surface area (Å²) in [5.41, 5.74) is 5.14. The predicted octanol–water partition coefficient (Wildman–Crippen LogP) is 6.36. The molecule has 0 radical (unpaired) electrons. The molecule has 30 heavy (non-hydrogen) atoms. The lowest BCUT2D eigenvalue weighted by Gasteiger charge is -2.36. The molecule has 3 nitrogen and oxygen atoms in total. The Bertz CT molecular complexity index is 939. The van der Waals surface area contributed by atoms with E-state index < -0.39 is 14.3 Å². The zero-order chi connectivity index (χ0) is 22.5. The third-order valence-electron chi connectivity index (χ3n) is 5.82. The number of carbonyl (C=O) groups is 1. The van der Waals surface area contributed by atoms with Crippen LogP contribution in [0.5, 0.6) is 0 Å². The minimum Gasteiger partial charge on any atom is -0.481 e. The highest BCUT2D eigenvalue weighted by Crippen LogP contribution is 2.37. The molecule has 0 atom stereocenters. The maximum atomic E-state index is 10.8. The summed E-state index contributed by atoms with van der Waals surface area (Å²) in [7, 11) is -1.80. The Morgan fingerprint density at radius 3 is 2.13 bits per heavy atom. The van der Waals surface area contributed by atoms with Crippen LogP contribution >= 0.6 is 0 Å². The van der Waals surface area contributed by atoms with Gasteiger partial charge in [0.1, 0.15) is 0 Å². The van der Waals surface area contributed by atoms with E-state index in [1.54, 1.807) is 0 Å². The Morgan fingerprint density at radius 2 is 1.60 bits per heavy atom. The Balaban J connectivity index is 2.19. The molecule has 0 saturated heterocycles. The van der Waals surface area contributed by atoms with Crippen molar-refractivity contribution in [2.75, 3.05) is 0 Å². The van der Waals surface area contributed by atoms with Gasteiger partial charge in [0.2, 0.25) is 0 Å². The van der Waals surface area contributed by atoms with Crippen LogP contribution in [0.1, 0.15) is 68.4 Å². The summed E-state index contributed by atoms with van der Waals surface area (Å²) >= 11 is 0. The van der Waals surface area contributed by atoms with Crippen molar-refractivity contribution in [3.8, 4) is 11.8 Å². The zero-order valence-electron chi connectivity index (χ0n) is 19.3. The minimum atomic E-state index is -1.80. The second-order valence-electron chi connectivity index (χ2n) is 9.63. The van der Waals surface area contributed by atoms with E-state index in [1.807, 2.05) is 24.3 Å². The molecule has 2 aromatic rings. The summed E-state index contributed by atoms with van der Waals surface area (Å²) in [5, 5.41) is 9.06. The van der Waals surface area contributed by atoms with Gasteiger partial charge in [-0.2, -0.15) is 0 Å². The van der Waals surface area contributed by atoms with Crippen LogP contribution in [0.25, 0.3) is 0 Å². The normalized spacial score (nSPS) is 11.9. The lowest BCUT2D eigenvalue weighted by molar-refractivity contribution is -0.136. The molecule has 1 N–H and O–H groups in total. The summed E-state index contributed by atoms with van der Waals surface area (Å²) in [4.78, 5) is 10.8. The molecule has 0 spiro atoms. The summed E-state index contributed by atoms with van der Waals surface area (Å²) in [6.07, 6.45) is 0.0316. The highest BCUT2D eigenvalue weighted by molar-refractivity contribution is 6.74. The molecular formula is C26H34O3Si. The van der Waals surface area contributed by atoms with Crippen molar-refractivity contribution in [2.45, 2.75) is 71.7 Å². The first-order chi connectivity index (χ1) is 13.9. The van der Waals surface area contributed by atoms with Crippen LogP contribution in [-0.2, 0) is 22.2 Å². The van der Waals surface area contributed by atoms with E-state index in [0.29, 0.717) is 12.5 Å². The van der Waals surface area contributed by atoms with Crippen molar-refractivity contribution >= 4 is 14.3 Å². The monoisotopic (exact) mass is 422 g/mol. The van der Waals surface area contributed by atoms with Crippen molar-refractivity contribution in [1.29, 1.82) is 0 Å². The van der Waals surface area contributed by atoms with E-state index in [2.05, 4.69) is 77.8 Å². The number of rotatable bonds is 6. The Morgan fingerprint density at radius 1 is 1.03 bits per heavy atom. The molecule has 0 aliphatic carbocycles. The van der Waals surface area contributed by atoms with Gasteiger partial charge in [-0.05, 0) is 65.0 Å². The highest BCUT2D eigenvalue weighted by Gasteiger charge is 2.37. The van der Waals surface area contributed by atoms with Gasteiger partial charge in [0.15, 0.2) is 8.32 Å². The van der Waals surface area contributed by atoms with Crippen molar-refractivity contribution < 1.29 is 14.3 Å². The Kier molecular flexibility index (Phi) is 7.68. The predicted molar refractivity (Wildman–Crippen MR) is 126 cm³/mol. The van der Waals surface area contributed by atoms with Crippen LogP contribution < -0.4 is 0 Å². The average molecular weight is 423 g/mol. The molecular weight excluding hydrogens is 388 g/mol. The topological polar surface area (TPSA) is 46.5 Å². The van der Waals surface area contributed by atoms with Gasteiger partial charge in [0.05, 0.1) is 13.0 Å². The quantitative estimate of drug-likeness (QED) is 0.435. The van der Waals surface area contributed by atoms with Gasteiger partial charge < -0.3 is 9.53 Å². The maximum Gasteiger partial charge on any atom is 0.307 e. The lowest BCUT2D eigenvalue weighted by Crippen LogP contribution is -2.40. The van der Waals surface area contributed by atoms with Crippen molar-refractivity contribution in [1.82, 2.24) is 0 Å². The van der Waals surface area contributed by atoms with Gasteiger partial charge in [0.25, 0.3) is 0 Å². The number of aliphatic carboxylic acids is 1. The highest BCUT2D eigenvalue weighted by atomic mass is 28.4. The Labute approximate surface area is 182 Å². The largest absolute Gasteiger partial charge is 0.481 e. The van der Waals surface area contributed by atoms with Crippen molar-refractivity contribution in [3.05, 3.63) is 70.3 Å². The number of carboxylic acids is 1. The SMILES string of the molecule is CC(C)c1cc(C#Cc2ccc(CC(=O)O)cc2)ccc1CO[Si](C)(C)C(C)(C)C. The summed E-state index contributed by atoms with van der Waals surface area (Å²) in [6, 6.07) is 13.7. The second kappa shape index (κ2) is 9.64. The van der Waals surface area contributed by atoms with Gasteiger partial charge in [-0.15, -0.1) is 0 Å². The Hall–Kier alpha value is -2.35. The summed E-state index contributed by atoms with van der Waals surface area (Å²) in [5.74, 6) is 5.99. The first kappa shape index (κ1) is 23.9.